The number of anilines is 2. The number of carbonyl (C=O) groups excluding carboxylic acids is 1. The fourth-order valence-corrected chi connectivity index (χ4v) is 4.65. The van der Waals surface area contributed by atoms with Gasteiger partial charge < -0.3 is 15.7 Å². The molecule has 0 atom stereocenters. The third-order valence-corrected chi connectivity index (χ3v) is 6.49. The fourth-order valence-electron chi connectivity index (χ4n) is 4.65. The molecule has 8 heteroatoms. The van der Waals surface area contributed by atoms with E-state index in [1.165, 1.54) is 0 Å². The molecule has 0 unspecified atom stereocenters. The zero-order valence-electron chi connectivity index (χ0n) is 21.5. The molecule has 0 bridgehead atoms. The maximum Gasteiger partial charge on any atom is 0.227 e. The van der Waals surface area contributed by atoms with Crippen molar-refractivity contribution < 1.29 is 9.90 Å². The Balaban J connectivity index is 0.00000144. The topological polar surface area (TPSA) is 110 Å². The van der Waals surface area contributed by atoms with Gasteiger partial charge in [-0.05, 0) is 60.5 Å². The average Bonchev–Trinajstić information content (AvgIpc) is 3.57. The highest BCUT2D eigenvalue weighted by Gasteiger charge is 2.22. The number of aromatic nitrogens is 4. The zero-order valence-corrected chi connectivity index (χ0v) is 21.5. The lowest BCUT2D eigenvalue weighted by atomic mass is 10.1. The van der Waals surface area contributed by atoms with E-state index in [4.69, 9.17) is 15.7 Å². The molecule has 0 radical (unpaired) electrons. The molecule has 0 spiro atoms. The van der Waals surface area contributed by atoms with Crippen LogP contribution in [0.5, 0.6) is 0 Å². The second kappa shape index (κ2) is 10.8. The Kier molecular flexibility index (Phi) is 7.15. The molecule has 192 valence electrons. The Labute approximate surface area is 221 Å². The van der Waals surface area contributed by atoms with E-state index < -0.39 is 0 Å². The minimum Gasteiger partial charge on any atom is -0.392 e. The molecule has 6 rings (SSSR count). The van der Waals surface area contributed by atoms with Crippen LogP contribution in [0.3, 0.4) is 0 Å². The van der Waals surface area contributed by atoms with Gasteiger partial charge in [0.05, 0.1) is 17.9 Å². The van der Waals surface area contributed by atoms with Crippen molar-refractivity contribution in [1.82, 2.24) is 19.5 Å². The van der Waals surface area contributed by atoms with E-state index in [2.05, 4.69) is 4.98 Å². The second-order valence-corrected chi connectivity index (χ2v) is 8.77. The first-order valence-electron chi connectivity index (χ1n) is 12.8. The predicted molar refractivity (Wildman–Crippen MR) is 151 cm³/mol. The number of amides is 1. The van der Waals surface area contributed by atoms with Crippen molar-refractivity contribution in [3.63, 3.8) is 0 Å². The third-order valence-electron chi connectivity index (χ3n) is 6.49. The van der Waals surface area contributed by atoms with Crippen LogP contribution in [-0.4, -0.2) is 37.1 Å². The Morgan fingerprint density at radius 2 is 1.76 bits per heavy atom. The maximum absolute atomic E-state index is 12.3. The number of aliphatic hydroxyl groups is 1. The highest BCUT2D eigenvalue weighted by atomic mass is 16.3. The van der Waals surface area contributed by atoms with Crippen LogP contribution in [0.15, 0.2) is 79.0 Å². The van der Waals surface area contributed by atoms with E-state index in [1.807, 2.05) is 96.1 Å². The molecule has 5 aromatic rings. The molecule has 1 saturated heterocycles. The van der Waals surface area contributed by atoms with Crippen molar-refractivity contribution in [3.05, 3.63) is 84.6 Å². The summed E-state index contributed by atoms with van der Waals surface area (Å²) in [6, 6.07) is 23.1. The van der Waals surface area contributed by atoms with Crippen molar-refractivity contribution in [2.45, 2.75) is 33.3 Å². The van der Waals surface area contributed by atoms with Crippen LogP contribution >= 0.6 is 0 Å². The smallest absolute Gasteiger partial charge is 0.227 e. The first kappa shape index (κ1) is 25.1. The molecule has 1 amide bonds. The standard InChI is InChI=1S/C28H24N6O2.C2H6/c29-26-22(6-2-14-30-26)27-32-24-13-12-23(19-4-1-5-21(16-19)33-15-3-7-25(33)36)31-28(24)34(27)20-10-8-18(17-35)9-11-20;1-2/h1-2,4-6,8-14,16,35H,3,7,15,17H2,(H2,29,30);1-2H3. The number of carbonyl (C=O) groups is 1. The van der Waals surface area contributed by atoms with Crippen LogP contribution in [0.1, 0.15) is 32.3 Å². The van der Waals surface area contributed by atoms with Crippen LogP contribution in [0.25, 0.3) is 39.5 Å². The lowest BCUT2D eigenvalue weighted by molar-refractivity contribution is -0.117. The summed E-state index contributed by atoms with van der Waals surface area (Å²) in [5.74, 6) is 1.16. The third kappa shape index (κ3) is 4.62. The highest BCUT2D eigenvalue weighted by molar-refractivity contribution is 5.96. The molecule has 2 aromatic carbocycles. The van der Waals surface area contributed by atoms with E-state index in [9.17, 15) is 9.90 Å². The number of benzene rings is 2. The zero-order chi connectivity index (χ0) is 26.6. The monoisotopic (exact) mass is 506 g/mol. The van der Waals surface area contributed by atoms with E-state index in [-0.39, 0.29) is 12.5 Å². The van der Waals surface area contributed by atoms with Gasteiger partial charge in [0.25, 0.3) is 0 Å². The number of nitrogen functional groups attached to an aromatic ring is 1. The van der Waals surface area contributed by atoms with E-state index >= 15 is 0 Å². The summed E-state index contributed by atoms with van der Waals surface area (Å²) < 4.78 is 1.96. The van der Waals surface area contributed by atoms with Crippen molar-refractivity contribution in [3.8, 4) is 28.3 Å². The van der Waals surface area contributed by atoms with Crippen LogP contribution < -0.4 is 10.6 Å². The summed E-state index contributed by atoms with van der Waals surface area (Å²) in [4.78, 5) is 28.2. The minimum atomic E-state index is -0.0361. The summed E-state index contributed by atoms with van der Waals surface area (Å²) in [7, 11) is 0. The molecule has 3 N–H and O–H groups in total. The van der Waals surface area contributed by atoms with Gasteiger partial charge in [-0.25, -0.2) is 15.0 Å². The number of imidazole rings is 1. The number of nitrogens with zero attached hydrogens (tertiary/aromatic N) is 5. The predicted octanol–water partition coefficient (Wildman–Crippen LogP) is 5.38. The van der Waals surface area contributed by atoms with Gasteiger partial charge in [0, 0.05) is 36.1 Å². The lowest BCUT2D eigenvalue weighted by Gasteiger charge is -2.16. The fraction of sp³-hybridized carbons (Fsp3) is 0.200. The molecule has 38 heavy (non-hydrogen) atoms. The van der Waals surface area contributed by atoms with Gasteiger partial charge in [-0.1, -0.05) is 38.1 Å². The summed E-state index contributed by atoms with van der Waals surface area (Å²) in [5, 5.41) is 9.50. The Bertz CT molecular complexity index is 1590. The van der Waals surface area contributed by atoms with Crippen LogP contribution in [0, 0.1) is 0 Å². The molecule has 1 aliphatic heterocycles. The van der Waals surface area contributed by atoms with E-state index in [1.54, 1.807) is 6.20 Å². The Hall–Kier alpha value is -4.56. The Morgan fingerprint density at radius 1 is 0.947 bits per heavy atom. The molecule has 1 aliphatic rings. The molecule has 4 heterocycles. The van der Waals surface area contributed by atoms with Crippen LogP contribution in [-0.2, 0) is 11.4 Å². The Morgan fingerprint density at radius 3 is 2.47 bits per heavy atom. The van der Waals surface area contributed by atoms with Gasteiger partial charge in [0.2, 0.25) is 5.91 Å². The quantitative estimate of drug-likeness (QED) is 0.331. The number of nitrogens with two attached hydrogens (primary N) is 1. The van der Waals surface area contributed by atoms with Crippen LogP contribution in [0.4, 0.5) is 11.5 Å². The van der Waals surface area contributed by atoms with Crippen molar-refractivity contribution >= 4 is 28.6 Å². The molecule has 0 aliphatic carbocycles. The second-order valence-electron chi connectivity index (χ2n) is 8.77. The van der Waals surface area contributed by atoms with Crippen molar-refractivity contribution in [2.24, 2.45) is 0 Å². The normalized spacial score (nSPS) is 13.0. The van der Waals surface area contributed by atoms with Gasteiger partial charge in [-0.15, -0.1) is 0 Å². The summed E-state index contributed by atoms with van der Waals surface area (Å²) in [6.07, 6.45) is 3.11. The maximum atomic E-state index is 12.3. The first-order chi connectivity index (χ1) is 18.6. The van der Waals surface area contributed by atoms with E-state index in [0.29, 0.717) is 34.8 Å². The summed E-state index contributed by atoms with van der Waals surface area (Å²) in [5.41, 5.74) is 12.5. The average molecular weight is 507 g/mol. The van der Waals surface area contributed by atoms with E-state index in [0.717, 1.165) is 41.2 Å². The van der Waals surface area contributed by atoms with Crippen molar-refractivity contribution in [1.29, 1.82) is 0 Å². The molecule has 1 fully saturated rings. The van der Waals surface area contributed by atoms with Crippen LogP contribution in [0.2, 0.25) is 0 Å². The molecule has 8 nitrogen and oxygen atoms in total. The number of rotatable bonds is 5. The van der Waals surface area contributed by atoms with Crippen molar-refractivity contribution in [2.75, 3.05) is 17.2 Å². The molecule has 0 saturated carbocycles. The number of fused-ring (bicyclic) bond motifs is 1. The highest BCUT2D eigenvalue weighted by Crippen LogP contribution is 2.33. The SMILES string of the molecule is CC.Nc1ncccc1-c1nc2ccc(-c3cccc(N4CCCC4=O)c3)nc2n1-c1ccc(CO)cc1. The summed E-state index contributed by atoms with van der Waals surface area (Å²) in [6.45, 7) is 4.70. The minimum absolute atomic E-state index is 0.0361. The molecular formula is C30H30N6O2. The number of hydrogen-bond donors (Lipinski definition) is 2. The number of hydrogen-bond acceptors (Lipinski definition) is 6. The molecule has 3 aromatic heterocycles. The van der Waals surface area contributed by atoms with Gasteiger partial charge in [0.15, 0.2) is 11.5 Å². The summed E-state index contributed by atoms with van der Waals surface area (Å²) >= 11 is 0. The van der Waals surface area contributed by atoms with Gasteiger partial charge in [-0.3, -0.25) is 9.36 Å². The molecular weight excluding hydrogens is 476 g/mol. The first-order valence-corrected chi connectivity index (χ1v) is 12.8. The largest absolute Gasteiger partial charge is 0.392 e. The van der Waals surface area contributed by atoms with Gasteiger partial charge in [0.1, 0.15) is 11.3 Å². The number of aliphatic hydroxyl groups excluding tert-OH is 1. The van der Waals surface area contributed by atoms with Gasteiger partial charge >= 0.3 is 0 Å². The van der Waals surface area contributed by atoms with Gasteiger partial charge in [-0.2, -0.15) is 0 Å². The number of pyridine rings is 2. The lowest BCUT2D eigenvalue weighted by Crippen LogP contribution is -2.23.